The highest BCUT2D eigenvalue weighted by atomic mass is 79.9. The Balaban J connectivity index is 1.67. The van der Waals surface area contributed by atoms with E-state index in [9.17, 15) is 4.79 Å². The van der Waals surface area contributed by atoms with Crippen LogP contribution in [0, 0.1) is 0 Å². The fourth-order valence-corrected chi connectivity index (χ4v) is 3.32. The Morgan fingerprint density at radius 2 is 2.00 bits per heavy atom. The fraction of sp³-hybridized carbons (Fsp3) is 0.214. The summed E-state index contributed by atoms with van der Waals surface area (Å²) in [7, 11) is 0. The minimum atomic E-state index is -0.119. The van der Waals surface area contributed by atoms with Crippen molar-refractivity contribution >= 4 is 33.2 Å². The first-order chi connectivity index (χ1) is 9.72. The molecule has 0 unspecified atom stereocenters. The van der Waals surface area contributed by atoms with E-state index in [4.69, 9.17) is 9.47 Å². The summed E-state index contributed by atoms with van der Waals surface area (Å²) < 4.78 is 12.0. The van der Waals surface area contributed by atoms with Gasteiger partial charge in [0, 0.05) is 10.4 Å². The summed E-state index contributed by atoms with van der Waals surface area (Å²) in [4.78, 5) is 13.2. The van der Waals surface area contributed by atoms with Gasteiger partial charge in [-0.15, -0.1) is 11.3 Å². The van der Waals surface area contributed by atoms with Crippen molar-refractivity contribution in [2.45, 2.75) is 6.54 Å². The number of hydrogen-bond donors (Lipinski definition) is 1. The minimum absolute atomic E-state index is 0.119. The molecule has 20 heavy (non-hydrogen) atoms. The first kappa shape index (κ1) is 13.5. The molecule has 3 rings (SSSR count). The van der Waals surface area contributed by atoms with Crippen molar-refractivity contribution in [1.82, 2.24) is 5.32 Å². The van der Waals surface area contributed by atoms with Gasteiger partial charge in [-0.3, -0.25) is 4.79 Å². The molecule has 6 heteroatoms. The highest BCUT2D eigenvalue weighted by molar-refractivity contribution is 9.11. The van der Waals surface area contributed by atoms with Crippen LogP contribution in [0.3, 0.4) is 0 Å². The van der Waals surface area contributed by atoms with Crippen molar-refractivity contribution in [3.05, 3.63) is 44.6 Å². The first-order valence-electron chi connectivity index (χ1n) is 6.14. The van der Waals surface area contributed by atoms with Gasteiger partial charge in [-0.1, -0.05) is 0 Å². The smallest absolute Gasteiger partial charge is 0.251 e. The number of carbonyl (C=O) groups is 1. The van der Waals surface area contributed by atoms with Crippen LogP contribution in [0.1, 0.15) is 15.2 Å². The molecule has 2 heterocycles. The lowest BCUT2D eigenvalue weighted by Crippen LogP contribution is -2.23. The predicted octanol–water partition coefficient (Wildman–Crippen LogP) is 3.21. The lowest BCUT2D eigenvalue weighted by Gasteiger charge is -2.18. The number of nitrogens with one attached hydrogen (secondary N) is 1. The molecule has 104 valence electrons. The van der Waals surface area contributed by atoms with Crippen LogP contribution in [0.2, 0.25) is 0 Å². The van der Waals surface area contributed by atoms with Gasteiger partial charge < -0.3 is 14.8 Å². The van der Waals surface area contributed by atoms with Gasteiger partial charge in [0.25, 0.3) is 5.91 Å². The molecule has 0 saturated heterocycles. The number of hydrogen-bond acceptors (Lipinski definition) is 4. The van der Waals surface area contributed by atoms with Gasteiger partial charge in [0.15, 0.2) is 11.5 Å². The second kappa shape index (κ2) is 5.85. The zero-order valence-electron chi connectivity index (χ0n) is 10.5. The topological polar surface area (TPSA) is 47.6 Å². The van der Waals surface area contributed by atoms with Gasteiger partial charge in [0.2, 0.25) is 0 Å². The molecule has 1 aliphatic heterocycles. The van der Waals surface area contributed by atoms with E-state index in [1.54, 1.807) is 29.5 Å². The number of benzene rings is 1. The fourth-order valence-electron chi connectivity index (χ4n) is 1.90. The second-order valence-corrected chi connectivity index (χ2v) is 6.79. The summed E-state index contributed by atoms with van der Waals surface area (Å²) >= 11 is 5.01. The Morgan fingerprint density at radius 1 is 1.20 bits per heavy atom. The van der Waals surface area contributed by atoms with Crippen LogP contribution in [-0.2, 0) is 6.54 Å². The van der Waals surface area contributed by atoms with Crippen molar-refractivity contribution in [3.63, 3.8) is 0 Å². The van der Waals surface area contributed by atoms with Crippen LogP contribution in [0.4, 0.5) is 0 Å². The number of carbonyl (C=O) groups excluding carboxylic acids is 1. The maximum Gasteiger partial charge on any atom is 0.251 e. The van der Waals surface area contributed by atoms with E-state index < -0.39 is 0 Å². The molecule has 1 N–H and O–H groups in total. The molecular weight excluding hydrogens is 342 g/mol. The third-order valence-corrected chi connectivity index (χ3v) is 4.48. The summed E-state index contributed by atoms with van der Waals surface area (Å²) in [6.07, 6.45) is 0. The van der Waals surface area contributed by atoms with Gasteiger partial charge in [-0.2, -0.15) is 0 Å². The summed E-state index contributed by atoms with van der Waals surface area (Å²) in [5.74, 6) is 1.20. The molecule has 4 nitrogen and oxygen atoms in total. The van der Waals surface area contributed by atoms with Crippen molar-refractivity contribution in [3.8, 4) is 11.5 Å². The van der Waals surface area contributed by atoms with E-state index in [-0.39, 0.29) is 5.91 Å². The zero-order chi connectivity index (χ0) is 13.9. The van der Waals surface area contributed by atoms with Crippen LogP contribution < -0.4 is 14.8 Å². The van der Waals surface area contributed by atoms with Crippen LogP contribution in [0.25, 0.3) is 0 Å². The molecule has 0 atom stereocenters. The van der Waals surface area contributed by atoms with Crippen LogP contribution in [-0.4, -0.2) is 19.1 Å². The normalized spacial score (nSPS) is 13.1. The number of halogens is 1. The van der Waals surface area contributed by atoms with Gasteiger partial charge in [0.05, 0.1) is 10.3 Å². The van der Waals surface area contributed by atoms with Gasteiger partial charge in [-0.25, -0.2) is 0 Å². The molecule has 0 saturated carbocycles. The third kappa shape index (κ3) is 2.96. The molecule has 0 bridgehead atoms. The number of rotatable bonds is 3. The summed E-state index contributed by atoms with van der Waals surface area (Å²) in [6, 6.07) is 9.18. The van der Waals surface area contributed by atoms with Gasteiger partial charge in [-0.05, 0) is 46.3 Å². The number of ether oxygens (including phenoxy) is 2. The maximum absolute atomic E-state index is 12.1. The van der Waals surface area contributed by atoms with Gasteiger partial charge >= 0.3 is 0 Å². The lowest BCUT2D eigenvalue weighted by atomic mass is 10.2. The van der Waals surface area contributed by atoms with Crippen molar-refractivity contribution in [2.75, 3.05) is 13.2 Å². The summed E-state index contributed by atoms with van der Waals surface area (Å²) in [5.41, 5.74) is 0.574. The average molecular weight is 354 g/mol. The molecule has 1 aromatic heterocycles. The van der Waals surface area contributed by atoms with Crippen molar-refractivity contribution < 1.29 is 14.3 Å². The molecule has 0 aliphatic carbocycles. The van der Waals surface area contributed by atoms with E-state index in [0.29, 0.717) is 36.8 Å². The molecule has 1 aromatic carbocycles. The molecule has 1 aliphatic rings. The Bertz CT molecular complexity index is 641. The zero-order valence-corrected chi connectivity index (χ0v) is 12.9. The number of fused-ring (bicyclic) bond motifs is 1. The SMILES string of the molecule is O=C(NCc1ccc(Br)s1)c1ccc2c(c1)OCCO2. The molecule has 2 aromatic rings. The van der Waals surface area contributed by atoms with Crippen molar-refractivity contribution in [2.24, 2.45) is 0 Å². The maximum atomic E-state index is 12.1. The molecule has 0 radical (unpaired) electrons. The molecule has 0 spiro atoms. The quantitative estimate of drug-likeness (QED) is 0.921. The standard InChI is InChI=1S/C14H12BrNO3S/c15-13-4-2-10(20-13)8-16-14(17)9-1-3-11-12(7-9)19-6-5-18-11/h1-4,7H,5-6,8H2,(H,16,17). The summed E-state index contributed by atoms with van der Waals surface area (Å²) in [6.45, 7) is 1.58. The largest absolute Gasteiger partial charge is 0.486 e. The van der Waals surface area contributed by atoms with Crippen molar-refractivity contribution in [1.29, 1.82) is 0 Å². The Labute approximate surface area is 128 Å². The lowest BCUT2D eigenvalue weighted by molar-refractivity contribution is 0.0950. The number of amides is 1. The predicted molar refractivity (Wildman–Crippen MR) is 80.6 cm³/mol. The molecular formula is C14H12BrNO3S. The second-order valence-electron chi connectivity index (χ2n) is 4.25. The van der Waals surface area contributed by atoms with Crippen LogP contribution in [0.5, 0.6) is 11.5 Å². The van der Waals surface area contributed by atoms with E-state index in [2.05, 4.69) is 21.2 Å². The Morgan fingerprint density at radius 3 is 2.75 bits per heavy atom. The molecule has 1 amide bonds. The highest BCUT2D eigenvalue weighted by Gasteiger charge is 2.14. The number of thiophene rings is 1. The van der Waals surface area contributed by atoms with E-state index in [1.807, 2.05) is 12.1 Å². The van der Waals surface area contributed by atoms with Crippen LogP contribution >= 0.6 is 27.3 Å². The monoisotopic (exact) mass is 353 g/mol. The van der Waals surface area contributed by atoms with E-state index >= 15 is 0 Å². The third-order valence-electron chi connectivity index (χ3n) is 2.86. The van der Waals surface area contributed by atoms with E-state index in [0.717, 1.165) is 8.66 Å². The van der Waals surface area contributed by atoms with Crippen LogP contribution in [0.15, 0.2) is 34.1 Å². The first-order valence-corrected chi connectivity index (χ1v) is 7.75. The minimum Gasteiger partial charge on any atom is -0.486 e. The molecule has 0 fully saturated rings. The Hall–Kier alpha value is -1.53. The van der Waals surface area contributed by atoms with E-state index in [1.165, 1.54) is 0 Å². The average Bonchev–Trinajstić information content (AvgIpc) is 2.90. The van der Waals surface area contributed by atoms with Gasteiger partial charge in [0.1, 0.15) is 13.2 Å². The summed E-state index contributed by atoms with van der Waals surface area (Å²) in [5, 5.41) is 2.89. The Kier molecular flexibility index (Phi) is 3.93. The highest BCUT2D eigenvalue weighted by Crippen LogP contribution is 2.30.